The van der Waals surface area contributed by atoms with Gasteiger partial charge in [-0.25, -0.2) is 0 Å². The van der Waals surface area contributed by atoms with Crippen molar-refractivity contribution in [3.8, 4) is 0 Å². The highest BCUT2D eigenvalue weighted by Crippen LogP contribution is 2.27. The molecule has 3 unspecified atom stereocenters. The molecule has 1 aliphatic carbocycles. The molecule has 2 N–H and O–H groups in total. The second kappa shape index (κ2) is 6.52. The lowest BCUT2D eigenvalue weighted by Gasteiger charge is -2.40. The predicted octanol–water partition coefficient (Wildman–Crippen LogP) is 1.60. The lowest BCUT2D eigenvalue weighted by Crippen LogP contribution is -2.56. The van der Waals surface area contributed by atoms with Crippen LogP contribution in [-0.4, -0.2) is 60.1 Å². The Hall–Kier alpha value is -0.820. The van der Waals surface area contributed by atoms with Crippen LogP contribution in [0.1, 0.15) is 32.6 Å². The van der Waals surface area contributed by atoms with E-state index in [9.17, 15) is 18.0 Å². The highest BCUT2D eigenvalue weighted by molar-refractivity contribution is 5.79. The second-order valence-electron chi connectivity index (χ2n) is 6.20. The molecule has 0 aromatic rings. The number of hydrogen-bond donors (Lipinski definition) is 1. The third kappa shape index (κ3) is 4.10. The molecule has 7 heteroatoms. The highest BCUT2D eigenvalue weighted by atomic mass is 19.4. The first kappa shape index (κ1) is 16.5. The van der Waals surface area contributed by atoms with Crippen LogP contribution in [0, 0.1) is 5.92 Å². The van der Waals surface area contributed by atoms with Gasteiger partial charge in [-0.1, -0.05) is 6.42 Å². The van der Waals surface area contributed by atoms with Gasteiger partial charge in [0, 0.05) is 38.1 Å². The fourth-order valence-corrected chi connectivity index (χ4v) is 3.25. The van der Waals surface area contributed by atoms with E-state index in [1.807, 2.05) is 0 Å². The quantitative estimate of drug-likeness (QED) is 0.843. The van der Waals surface area contributed by atoms with Gasteiger partial charge in [-0.15, -0.1) is 0 Å². The van der Waals surface area contributed by atoms with Crippen LogP contribution < -0.4 is 5.73 Å². The lowest BCUT2D eigenvalue weighted by atomic mass is 9.85. The first-order valence-corrected chi connectivity index (χ1v) is 7.64. The second-order valence-corrected chi connectivity index (χ2v) is 6.20. The van der Waals surface area contributed by atoms with Crippen molar-refractivity contribution in [2.24, 2.45) is 11.7 Å². The minimum Gasteiger partial charge on any atom is -0.340 e. The van der Waals surface area contributed by atoms with Gasteiger partial charge in [0.2, 0.25) is 5.91 Å². The van der Waals surface area contributed by atoms with Crippen LogP contribution in [0.15, 0.2) is 0 Å². The molecule has 1 aliphatic heterocycles. The van der Waals surface area contributed by atoms with Crippen LogP contribution in [0.3, 0.4) is 0 Å². The molecule has 2 fully saturated rings. The zero-order valence-electron chi connectivity index (χ0n) is 12.4. The molecule has 3 atom stereocenters. The third-order valence-electron chi connectivity index (χ3n) is 4.71. The zero-order chi connectivity index (χ0) is 15.6. The predicted molar refractivity (Wildman–Crippen MR) is 73.6 cm³/mol. The van der Waals surface area contributed by atoms with Gasteiger partial charge in [0.15, 0.2) is 0 Å². The molecule has 4 nitrogen and oxygen atoms in total. The van der Waals surface area contributed by atoms with Gasteiger partial charge in [-0.05, 0) is 26.2 Å². The SMILES string of the molecule is CC(N1CCN(C(=O)C2CCCC(N)C2)CC1)C(F)(F)F. The maximum atomic E-state index is 12.7. The summed E-state index contributed by atoms with van der Waals surface area (Å²) in [4.78, 5) is 15.5. The molecular weight excluding hydrogens is 283 g/mol. The third-order valence-corrected chi connectivity index (χ3v) is 4.71. The Labute approximate surface area is 123 Å². The molecule has 0 radical (unpaired) electrons. The molecule has 21 heavy (non-hydrogen) atoms. The summed E-state index contributed by atoms with van der Waals surface area (Å²) < 4.78 is 38.1. The standard InChI is InChI=1S/C14H24F3N3O/c1-10(14(15,16)17)19-5-7-20(8-6-19)13(21)11-3-2-4-12(18)9-11/h10-12H,2-9,18H2,1H3. The molecule has 122 valence electrons. The van der Waals surface area contributed by atoms with Gasteiger partial charge < -0.3 is 10.6 Å². The average molecular weight is 307 g/mol. The van der Waals surface area contributed by atoms with Gasteiger partial charge in [0.05, 0.1) is 0 Å². The Morgan fingerprint density at radius 1 is 1.19 bits per heavy atom. The van der Waals surface area contributed by atoms with Crippen LogP contribution in [0.4, 0.5) is 13.2 Å². The molecule has 1 saturated heterocycles. The van der Waals surface area contributed by atoms with Crippen molar-refractivity contribution in [1.29, 1.82) is 0 Å². The van der Waals surface area contributed by atoms with Crippen molar-refractivity contribution in [2.45, 2.75) is 50.9 Å². The minimum absolute atomic E-state index is 0.0414. The molecule has 0 spiro atoms. The number of nitrogens with two attached hydrogens (primary N) is 1. The smallest absolute Gasteiger partial charge is 0.340 e. The summed E-state index contributed by atoms with van der Waals surface area (Å²) in [7, 11) is 0. The van der Waals surface area contributed by atoms with Gasteiger partial charge >= 0.3 is 6.18 Å². The van der Waals surface area contributed by atoms with E-state index in [1.165, 1.54) is 11.8 Å². The summed E-state index contributed by atoms with van der Waals surface area (Å²) in [6.07, 6.45) is -0.727. The van der Waals surface area contributed by atoms with E-state index in [1.54, 1.807) is 4.90 Å². The summed E-state index contributed by atoms with van der Waals surface area (Å²) in [5, 5.41) is 0. The summed E-state index contributed by atoms with van der Waals surface area (Å²) in [6.45, 7) is 2.50. The van der Waals surface area contributed by atoms with Crippen LogP contribution >= 0.6 is 0 Å². The summed E-state index contributed by atoms with van der Waals surface area (Å²) in [6, 6.07) is -1.36. The van der Waals surface area contributed by atoms with E-state index in [-0.39, 0.29) is 31.0 Å². The van der Waals surface area contributed by atoms with Crippen molar-refractivity contribution < 1.29 is 18.0 Å². The van der Waals surface area contributed by atoms with E-state index < -0.39 is 12.2 Å². The fraction of sp³-hybridized carbons (Fsp3) is 0.929. The van der Waals surface area contributed by atoms with Crippen molar-refractivity contribution in [3.63, 3.8) is 0 Å². The number of piperazine rings is 1. The van der Waals surface area contributed by atoms with E-state index in [4.69, 9.17) is 5.73 Å². The van der Waals surface area contributed by atoms with Crippen LogP contribution in [0.5, 0.6) is 0 Å². The number of hydrogen-bond acceptors (Lipinski definition) is 3. The zero-order valence-corrected chi connectivity index (χ0v) is 12.4. The summed E-state index contributed by atoms with van der Waals surface area (Å²) in [5.41, 5.74) is 5.90. The van der Waals surface area contributed by atoms with Crippen LogP contribution in [0.2, 0.25) is 0 Å². The first-order valence-electron chi connectivity index (χ1n) is 7.64. The Balaban J connectivity index is 1.84. The number of rotatable bonds is 2. The number of alkyl halides is 3. The molecule has 1 heterocycles. The normalized spacial score (nSPS) is 30.2. The monoisotopic (exact) mass is 307 g/mol. The number of carbonyl (C=O) groups is 1. The molecule has 0 aromatic carbocycles. The van der Waals surface area contributed by atoms with Crippen molar-refractivity contribution in [1.82, 2.24) is 9.80 Å². The lowest BCUT2D eigenvalue weighted by molar-refractivity contribution is -0.183. The Morgan fingerprint density at radius 2 is 1.81 bits per heavy atom. The van der Waals surface area contributed by atoms with Gasteiger partial charge in [-0.2, -0.15) is 13.2 Å². The fourth-order valence-electron chi connectivity index (χ4n) is 3.25. The van der Waals surface area contributed by atoms with Gasteiger partial charge in [0.1, 0.15) is 6.04 Å². The van der Waals surface area contributed by atoms with Crippen molar-refractivity contribution >= 4 is 5.91 Å². The molecule has 1 saturated carbocycles. The van der Waals surface area contributed by atoms with Crippen LogP contribution in [-0.2, 0) is 4.79 Å². The molecule has 0 aromatic heterocycles. The van der Waals surface area contributed by atoms with Crippen molar-refractivity contribution in [2.75, 3.05) is 26.2 Å². The summed E-state index contributed by atoms with van der Waals surface area (Å²) in [5.74, 6) is 0.0322. The van der Waals surface area contributed by atoms with E-state index >= 15 is 0 Å². The van der Waals surface area contributed by atoms with Gasteiger partial charge in [-0.3, -0.25) is 9.69 Å². The number of halogens is 3. The maximum Gasteiger partial charge on any atom is 0.403 e. The largest absolute Gasteiger partial charge is 0.403 e. The Morgan fingerprint density at radius 3 is 2.33 bits per heavy atom. The molecule has 2 aliphatic rings. The van der Waals surface area contributed by atoms with E-state index in [0.29, 0.717) is 19.5 Å². The van der Waals surface area contributed by atoms with Crippen molar-refractivity contribution in [3.05, 3.63) is 0 Å². The molecule has 1 amide bonds. The number of amides is 1. The first-order chi connectivity index (χ1) is 9.79. The van der Waals surface area contributed by atoms with Gasteiger partial charge in [0.25, 0.3) is 0 Å². The van der Waals surface area contributed by atoms with E-state index in [2.05, 4.69) is 0 Å². The number of carbonyl (C=O) groups excluding carboxylic acids is 1. The number of nitrogens with zero attached hydrogens (tertiary/aromatic N) is 2. The average Bonchev–Trinajstić information content (AvgIpc) is 2.45. The Kier molecular flexibility index (Phi) is 5.14. The molecule has 0 bridgehead atoms. The van der Waals surface area contributed by atoms with E-state index in [0.717, 1.165) is 19.3 Å². The molecule has 2 rings (SSSR count). The topological polar surface area (TPSA) is 49.6 Å². The summed E-state index contributed by atoms with van der Waals surface area (Å²) >= 11 is 0. The Bertz CT molecular complexity index is 367. The van der Waals surface area contributed by atoms with Crippen LogP contribution in [0.25, 0.3) is 0 Å². The maximum absolute atomic E-state index is 12.7. The molecular formula is C14H24F3N3O. The minimum atomic E-state index is -4.21. The highest BCUT2D eigenvalue weighted by Gasteiger charge is 2.41.